The monoisotopic (exact) mass is 360 g/mol. The molecule has 0 aromatic heterocycles. The summed E-state index contributed by atoms with van der Waals surface area (Å²) < 4.78 is 6.63. The van der Waals surface area contributed by atoms with Crippen LogP contribution in [-0.4, -0.2) is 36.5 Å². The van der Waals surface area contributed by atoms with Gasteiger partial charge in [-0.05, 0) is 36.7 Å². The van der Waals surface area contributed by atoms with Crippen molar-refractivity contribution in [3.05, 3.63) is 12.7 Å². The zero-order chi connectivity index (χ0) is 17.9. The van der Waals surface area contributed by atoms with Crippen molar-refractivity contribution in [3.8, 4) is 0 Å². The maximum atomic E-state index is 11.8. The number of aliphatic hydroxyl groups excluding tert-OH is 1. The van der Waals surface area contributed by atoms with Gasteiger partial charge in [0.05, 0.1) is 12.2 Å². The van der Waals surface area contributed by atoms with E-state index in [1.54, 1.807) is 0 Å². The Morgan fingerprint density at radius 1 is 1.26 bits per heavy atom. The van der Waals surface area contributed by atoms with Crippen molar-refractivity contribution in [1.29, 1.82) is 0 Å². The SMILES string of the molecule is C=CCC[C@@H](O[Si](CC)(CC)CC)[C@H](C)[C@@H](O)CC(=O)SCC. The molecule has 0 spiro atoms. The lowest BCUT2D eigenvalue weighted by Crippen LogP contribution is -2.44. The highest BCUT2D eigenvalue weighted by Gasteiger charge is 2.35. The molecule has 0 unspecified atom stereocenters. The van der Waals surface area contributed by atoms with E-state index in [1.165, 1.54) is 11.8 Å². The van der Waals surface area contributed by atoms with Crippen molar-refractivity contribution in [2.24, 2.45) is 5.92 Å². The average Bonchev–Trinajstić information content (AvgIpc) is 2.55. The number of hydrogen-bond donors (Lipinski definition) is 1. The minimum absolute atomic E-state index is 0.00828. The predicted molar refractivity (Wildman–Crippen MR) is 104 cm³/mol. The Morgan fingerprint density at radius 2 is 1.83 bits per heavy atom. The molecule has 0 heterocycles. The fourth-order valence-corrected chi connectivity index (χ4v) is 6.44. The average molecular weight is 361 g/mol. The molecule has 0 aromatic rings. The highest BCUT2D eigenvalue weighted by Crippen LogP contribution is 2.30. The third-order valence-electron chi connectivity index (χ3n) is 4.86. The maximum Gasteiger partial charge on any atom is 0.192 e. The Labute approximate surface area is 148 Å². The predicted octanol–water partition coefficient (Wildman–Crippen LogP) is 5.01. The number of aliphatic hydroxyl groups is 1. The molecule has 0 saturated heterocycles. The molecule has 1 N–H and O–H groups in total. The van der Waals surface area contributed by atoms with Gasteiger partial charge >= 0.3 is 0 Å². The van der Waals surface area contributed by atoms with Gasteiger partial charge in [-0.25, -0.2) is 0 Å². The standard InChI is InChI=1S/C18H36O3SSi/c1-7-12-13-17(21-23(9-3,10-4)11-5)15(6)16(19)14-18(20)22-8-2/h7,15-17,19H,1,8-14H2,2-6H3/t15-,16+,17-/m1/s1. The molecular weight excluding hydrogens is 324 g/mol. The Kier molecular flexibility index (Phi) is 12.2. The molecule has 0 rings (SSSR count). The van der Waals surface area contributed by atoms with Crippen LogP contribution in [0.2, 0.25) is 18.1 Å². The van der Waals surface area contributed by atoms with Crippen molar-refractivity contribution in [1.82, 2.24) is 0 Å². The van der Waals surface area contributed by atoms with Gasteiger partial charge in [0.2, 0.25) is 0 Å². The van der Waals surface area contributed by atoms with E-state index in [0.29, 0.717) is 0 Å². The van der Waals surface area contributed by atoms with E-state index in [9.17, 15) is 9.90 Å². The summed E-state index contributed by atoms with van der Waals surface area (Å²) in [6, 6.07) is 3.29. The lowest BCUT2D eigenvalue weighted by molar-refractivity contribution is -0.113. The number of carbonyl (C=O) groups is 1. The molecule has 0 aromatic carbocycles. The molecule has 5 heteroatoms. The van der Waals surface area contributed by atoms with E-state index >= 15 is 0 Å². The van der Waals surface area contributed by atoms with Crippen molar-refractivity contribution >= 4 is 25.2 Å². The summed E-state index contributed by atoms with van der Waals surface area (Å²) in [6.07, 6.45) is 3.24. The fraction of sp³-hybridized carbons (Fsp3) is 0.833. The van der Waals surface area contributed by atoms with E-state index in [4.69, 9.17) is 4.43 Å². The molecule has 0 aliphatic rings. The minimum Gasteiger partial charge on any atom is -0.414 e. The first-order valence-corrected chi connectivity index (χ1v) is 12.5. The zero-order valence-electron chi connectivity index (χ0n) is 15.6. The van der Waals surface area contributed by atoms with E-state index in [2.05, 4.69) is 27.4 Å². The highest BCUT2D eigenvalue weighted by atomic mass is 32.2. The minimum atomic E-state index is -1.73. The number of rotatable bonds is 13. The largest absolute Gasteiger partial charge is 0.414 e. The van der Waals surface area contributed by atoms with Crippen LogP contribution in [-0.2, 0) is 9.22 Å². The van der Waals surface area contributed by atoms with E-state index < -0.39 is 14.4 Å². The number of thioether (sulfide) groups is 1. The van der Waals surface area contributed by atoms with Crippen LogP contribution < -0.4 is 0 Å². The van der Waals surface area contributed by atoms with Gasteiger partial charge in [0.15, 0.2) is 13.4 Å². The van der Waals surface area contributed by atoms with Crippen molar-refractivity contribution < 1.29 is 14.3 Å². The number of allylic oxidation sites excluding steroid dienone is 1. The Bertz CT molecular complexity index is 337. The maximum absolute atomic E-state index is 11.8. The summed E-state index contributed by atoms with van der Waals surface area (Å²) in [6.45, 7) is 14.4. The number of carbonyl (C=O) groups excluding carboxylic acids is 1. The van der Waals surface area contributed by atoms with E-state index in [-0.39, 0.29) is 23.6 Å². The molecule has 136 valence electrons. The Hall–Kier alpha value is -0.103. The van der Waals surface area contributed by atoms with Crippen LogP contribution in [0, 0.1) is 5.92 Å². The summed E-state index contributed by atoms with van der Waals surface area (Å²) in [5.41, 5.74) is 0. The van der Waals surface area contributed by atoms with Crippen LogP contribution in [0.15, 0.2) is 12.7 Å². The van der Waals surface area contributed by atoms with Gasteiger partial charge in [-0.3, -0.25) is 4.79 Å². The quantitative estimate of drug-likeness (QED) is 0.370. The summed E-state index contributed by atoms with van der Waals surface area (Å²) in [5.74, 6) is 0.723. The topological polar surface area (TPSA) is 46.5 Å². The first-order chi connectivity index (χ1) is 10.9. The molecule has 0 fully saturated rings. The first-order valence-electron chi connectivity index (χ1n) is 9.01. The van der Waals surface area contributed by atoms with Gasteiger partial charge < -0.3 is 9.53 Å². The molecule has 0 aliphatic heterocycles. The Balaban J connectivity index is 4.98. The summed E-state index contributed by atoms with van der Waals surface area (Å²) in [5, 5.41) is 10.5. The highest BCUT2D eigenvalue weighted by molar-refractivity contribution is 8.13. The van der Waals surface area contributed by atoms with Crippen LogP contribution in [0.5, 0.6) is 0 Å². The summed E-state index contributed by atoms with van der Waals surface area (Å²) >= 11 is 1.29. The van der Waals surface area contributed by atoms with Gasteiger partial charge in [-0.15, -0.1) is 6.58 Å². The van der Waals surface area contributed by atoms with Crippen LogP contribution in [0.3, 0.4) is 0 Å². The normalized spacial score (nSPS) is 15.9. The van der Waals surface area contributed by atoms with Gasteiger partial charge in [-0.1, -0.05) is 52.5 Å². The number of hydrogen-bond acceptors (Lipinski definition) is 4. The molecule has 3 nitrogen and oxygen atoms in total. The van der Waals surface area contributed by atoms with Crippen molar-refractivity contribution in [2.75, 3.05) is 5.75 Å². The zero-order valence-corrected chi connectivity index (χ0v) is 17.5. The third-order valence-corrected chi connectivity index (χ3v) is 10.3. The molecule has 0 amide bonds. The lowest BCUT2D eigenvalue weighted by atomic mass is 9.93. The first kappa shape index (κ1) is 22.9. The molecule has 0 radical (unpaired) electrons. The van der Waals surface area contributed by atoms with E-state index in [0.717, 1.165) is 36.7 Å². The van der Waals surface area contributed by atoms with Crippen LogP contribution in [0.25, 0.3) is 0 Å². The van der Waals surface area contributed by atoms with E-state index in [1.807, 2.05) is 19.9 Å². The van der Waals surface area contributed by atoms with Gasteiger partial charge in [0.25, 0.3) is 0 Å². The molecule has 0 saturated carbocycles. The van der Waals surface area contributed by atoms with Crippen LogP contribution in [0.1, 0.15) is 53.9 Å². The molecule has 0 bridgehead atoms. The van der Waals surface area contributed by atoms with Crippen LogP contribution >= 0.6 is 11.8 Å². The van der Waals surface area contributed by atoms with Gasteiger partial charge in [-0.2, -0.15) is 0 Å². The second kappa shape index (κ2) is 12.3. The second-order valence-corrected chi connectivity index (χ2v) is 12.2. The molecule has 0 aliphatic carbocycles. The van der Waals surface area contributed by atoms with Crippen molar-refractivity contribution in [2.45, 2.75) is 84.2 Å². The van der Waals surface area contributed by atoms with Crippen molar-refractivity contribution in [3.63, 3.8) is 0 Å². The fourth-order valence-electron chi connectivity index (χ4n) is 2.86. The third kappa shape index (κ3) is 8.01. The molecule has 3 atom stereocenters. The second-order valence-electron chi connectivity index (χ2n) is 6.20. The van der Waals surface area contributed by atoms with Gasteiger partial charge in [0, 0.05) is 12.3 Å². The lowest BCUT2D eigenvalue weighted by Gasteiger charge is -2.37. The molecular formula is C18H36O3SSi. The van der Waals surface area contributed by atoms with Crippen LogP contribution in [0.4, 0.5) is 0 Å². The summed E-state index contributed by atoms with van der Waals surface area (Å²) in [4.78, 5) is 11.8. The summed E-state index contributed by atoms with van der Waals surface area (Å²) in [7, 11) is -1.73. The Morgan fingerprint density at radius 3 is 2.26 bits per heavy atom. The van der Waals surface area contributed by atoms with Gasteiger partial charge in [0.1, 0.15) is 0 Å². The smallest absolute Gasteiger partial charge is 0.192 e. The molecule has 23 heavy (non-hydrogen) atoms.